The van der Waals surface area contributed by atoms with Crippen molar-refractivity contribution in [2.75, 3.05) is 18.1 Å². The van der Waals surface area contributed by atoms with E-state index < -0.39 is 5.72 Å². The number of fused-ring (bicyclic) bond motifs is 4. The third-order valence-electron chi connectivity index (χ3n) is 8.07. The van der Waals surface area contributed by atoms with E-state index in [0.717, 1.165) is 35.4 Å². The average Bonchev–Trinajstić information content (AvgIpc) is 3.01. The van der Waals surface area contributed by atoms with Gasteiger partial charge in [-0.05, 0) is 67.8 Å². The quantitative estimate of drug-likeness (QED) is 0.275. The van der Waals surface area contributed by atoms with Gasteiger partial charge in [-0.3, -0.25) is 10.1 Å². The van der Waals surface area contributed by atoms with Gasteiger partial charge in [-0.2, -0.15) is 5.26 Å². The van der Waals surface area contributed by atoms with E-state index in [1.807, 2.05) is 48.5 Å². The number of aryl methyl sites for hydroxylation is 1. The average molecular weight is 559 g/mol. The maximum atomic E-state index is 13.0. The summed E-state index contributed by atoms with van der Waals surface area (Å²) >= 11 is 0. The van der Waals surface area contributed by atoms with Crippen molar-refractivity contribution < 1.29 is 14.3 Å². The van der Waals surface area contributed by atoms with Crippen molar-refractivity contribution in [1.29, 1.82) is 5.26 Å². The molecule has 2 atom stereocenters. The zero-order valence-electron chi connectivity index (χ0n) is 23.9. The van der Waals surface area contributed by atoms with Crippen molar-refractivity contribution in [2.45, 2.75) is 45.1 Å². The second-order valence-corrected chi connectivity index (χ2v) is 11.1. The highest BCUT2D eigenvalue weighted by Crippen LogP contribution is 2.48. The van der Waals surface area contributed by atoms with Gasteiger partial charge < -0.3 is 19.7 Å². The van der Waals surface area contributed by atoms with Gasteiger partial charge in [0.1, 0.15) is 6.61 Å². The summed E-state index contributed by atoms with van der Waals surface area (Å²) in [6.07, 6.45) is 1.52. The minimum atomic E-state index is -0.642. The number of hydrogen-bond acceptors (Lipinski definition) is 6. The molecule has 7 heteroatoms. The predicted octanol–water partition coefficient (Wildman–Crippen LogP) is 6.03. The molecular weight excluding hydrogens is 524 g/mol. The molecule has 42 heavy (non-hydrogen) atoms. The molecule has 2 aliphatic heterocycles. The highest BCUT2D eigenvalue weighted by molar-refractivity contribution is 5.95. The van der Waals surface area contributed by atoms with Crippen molar-refractivity contribution >= 4 is 11.6 Å². The molecule has 0 aliphatic carbocycles. The Morgan fingerprint density at radius 1 is 1.07 bits per heavy atom. The van der Waals surface area contributed by atoms with E-state index in [0.29, 0.717) is 36.7 Å². The van der Waals surface area contributed by atoms with Crippen molar-refractivity contribution in [3.63, 3.8) is 0 Å². The van der Waals surface area contributed by atoms with Gasteiger partial charge in [-0.25, -0.2) is 0 Å². The fourth-order valence-electron chi connectivity index (χ4n) is 5.69. The molecule has 0 aromatic heterocycles. The summed E-state index contributed by atoms with van der Waals surface area (Å²) in [5.41, 5.74) is 5.98. The van der Waals surface area contributed by atoms with Crippen LogP contribution in [-0.4, -0.2) is 24.8 Å². The maximum Gasteiger partial charge on any atom is 0.251 e. The van der Waals surface area contributed by atoms with Crippen molar-refractivity contribution in [3.8, 4) is 17.6 Å². The molecule has 6 rings (SSSR count). The van der Waals surface area contributed by atoms with Crippen LogP contribution in [0.5, 0.6) is 11.5 Å². The number of anilines is 1. The van der Waals surface area contributed by atoms with Gasteiger partial charge in [-0.1, -0.05) is 60.2 Å². The number of ether oxygens (including phenoxy) is 2. The first-order valence-electron chi connectivity index (χ1n) is 14.3. The summed E-state index contributed by atoms with van der Waals surface area (Å²) in [5, 5.41) is 15.8. The molecule has 0 spiro atoms. The molecule has 2 aliphatic rings. The first-order valence-corrected chi connectivity index (χ1v) is 14.3. The number of benzene rings is 4. The highest BCUT2D eigenvalue weighted by atomic mass is 16.5. The number of rotatable bonds is 8. The van der Waals surface area contributed by atoms with Crippen LogP contribution >= 0.6 is 0 Å². The molecule has 1 saturated heterocycles. The fourth-order valence-corrected chi connectivity index (χ4v) is 5.69. The monoisotopic (exact) mass is 558 g/mol. The summed E-state index contributed by atoms with van der Waals surface area (Å²) in [7, 11) is 0. The van der Waals surface area contributed by atoms with Gasteiger partial charge in [0, 0.05) is 35.8 Å². The predicted molar refractivity (Wildman–Crippen MR) is 162 cm³/mol. The lowest BCUT2D eigenvalue weighted by molar-refractivity contribution is 0.0179. The Balaban J connectivity index is 1.16. The summed E-state index contributed by atoms with van der Waals surface area (Å²) < 4.78 is 13.0. The minimum absolute atomic E-state index is 0.0923. The van der Waals surface area contributed by atoms with Crippen LogP contribution in [0.15, 0.2) is 91.0 Å². The molecule has 2 unspecified atom stereocenters. The van der Waals surface area contributed by atoms with E-state index in [1.54, 1.807) is 12.1 Å². The number of nitrogens with zero attached hydrogens (tertiary/aromatic N) is 2. The van der Waals surface area contributed by atoms with Gasteiger partial charge >= 0.3 is 0 Å². The SMILES string of the molecule is Cc1ccc(CCNC(=O)c2cccc(N3CNC4CC3(C)Oc3c(OCc5ccc(C#N)cc5)cccc34)c2)cc1. The van der Waals surface area contributed by atoms with Gasteiger partial charge in [0.2, 0.25) is 0 Å². The van der Waals surface area contributed by atoms with Gasteiger partial charge in [0.25, 0.3) is 5.91 Å². The molecule has 2 N–H and O–H groups in total. The Labute approximate surface area is 246 Å². The third kappa shape index (κ3) is 5.67. The van der Waals surface area contributed by atoms with Crippen LogP contribution in [0.25, 0.3) is 0 Å². The fraction of sp³-hybridized carbons (Fsp3) is 0.257. The molecule has 4 aromatic carbocycles. The van der Waals surface area contributed by atoms with E-state index in [-0.39, 0.29) is 11.9 Å². The van der Waals surface area contributed by atoms with E-state index >= 15 is 0 Å². The van der Waals surface area contributed by atoms with Gasteiger partial charge in [0.15, 0.2) is 17.2 Å². The summed E-state index contributed by atoms with van der Waals surface area (Å²) in [4.78, 5) is 15.2. The number of nitriles is 1. The van der Waals surface area contributed by atoms with Crippen LogP contribution in [0.2, 0.25) is 0 Å². The molecule has 0 radical (unpaired) electrons. The van der Waals surface area contributed by atoms with Crippen LogP contribution in [-0.2, 0) is 13.0 Å². The zero-order chi connectivity index (χ0) is 29.1. The van der Waals surface area contributed by atoms with Crippen LogP contribution in [0, 0.1) is 18.3 Å². The van der Waals surface area contributed by atoms with Crippen molar-refractivity contribution in [3.05, 3.63) is 124 Å². The van der Waals surface area contributed by atoms with Crippen molar-refractivity contribution in [1.82, 2.24) is 10.6 Å². The Morgan fingerprint density at radius 3 is 2.62 bits per heavy atom. The number of nitrogens with one attached hydrogen (secondary N) is 2. The number of carbonyl (C=O) groups excluding carboxylic acids is 1. The molecule has 7 nitrogen and oxygen atoms in total. The molecule has 1 amide bonds. The molecule has 1 fully saturated rings. The minimum Gasteiger partial charge on any atom is -0.485 e. The first kappa shape index (κ1) is 27.4. The van der Waals surface area contributed by atoms with Gasteiger partial charge in [-0.15, -0.1) is 0 Å². The summed E-state index contributed by atoms with van der Waals surface area (Å²) in [5.74, 6) is 1.32. The smallest absolute Gasteiger partial charge is 0.251 e. The summed E-state index contributed by atoms with van der Waals surface area (Å²) in [6.45, 7) is 5.68. The third-order valence-corrected chi connectivity index (χ3v) is 8.07. The Hall–Kier alpha value is -4.80. The normalized spacial score (nSPS) is 18.8. The molecule has 212 valence electrons. The Morgan fingerprint density at radius 2 is 1.83 bits per heavy atom. The van der Waals surface area contributed by atoms with Crippen LogP contribution in [0.4, 0.5) is 5.69 Å². The molecule has 0 saturated carbocycles. The second-order valence-electron chi connectivity index (χ2n) is 11.1. The molecule has 2 bridgehead atoms. The van der Waals surface area contributed by atoms with Crippen LogP contribution in [0.3, 0.4) is 0 Å². The lowest BCUT2D eigenvalue weighted by atomic mass is 9.90. The topological polar surface area (TPSA) is 86.6 Å². The largest absolute Gasteiger partial charge is 0.485 e. The number of amides is 1. The van der Waals surface area contributed by atoms with Crippen LogP contribution < -0.4 is 25.0 Å². The van der Waals surface area contributed by atoms with E-state index in [4.69, 9.17) is 14.7 Å². The lowest BCUT2D eigenvalue weighted by Crippen LogP contribution is -2.62. The Bertz CT molecular complexity index is 1630. The second kappa shape index (κ2) is 11.6. The first-order chi connectivity index (χ1) is 20.4. The van der Waals surface area contributed by atoms with Crippen molar-refractivity contribution in [2.24, 2.45) is 0 Å². The molecule has 4 aromatic rings. The molecule has 2 heterocycles. The standard InChI is InChI=1S/C35H34N4O3/c1-24-9-11-25(12-10-24)17-18-37-34(40)28-5-3-6-29(19-28)39-23-38-31-20-35(39,2)42-33-30(31)7-4-8-32(33)41-22-27-15-13-26(21-36)14-16-27/h3-16,19,31,38H,17-18,20,22-23H2,1-2H3,(H,37,40). The highest BCUT2D eigenvalue weighted by Gasteiger charge is 2.46. The van der Waals surface area contributed by atoms with Crippen LogP contribution in [0.1, 0.15) is 57.6 Å². The molecular formula is C35H34N4O3. The summed E-state index contributed by atoms with van der Waals surface area (Å²) in [6, 6.07) is 31.8. The number of para-hydroxylation sites is 1. The number of carbonyl (C=O) groups is 1. The zero-order valence-corrected chi connectivity index (χ0v) is 23.9. The lowest BCUT2D eigenvalue weighted by Gasteiger charge is -2.52. The van der Waals surface area contributed by atoms with E-state index in [1.165, 1.54) is 11.1 Å². The van der Waals surface area contributed by atoms with E-state index in [9.17, 15) is 4.79 Å². The number of hydrogen-bond donors (Lipinski definition) is 2. The maximum absolute atomic E-state index is 13.0. The van der Waals surface area contributed by atoms with Gasteiger partial charge in [0.05, 0.1) is 18.3 Å². The van der Waals surface area contributed by atoms with E-state index in [2.05, 4.69) is 65.8 Å². The Kier molecular flexibility index (Phi) is 7.56.